The van der Waals surface area contributed by atoms with Gasteiger partial charge in [-0.25, -0.2) is 8.78 Å². The fourth-order valence-corrected chi connectivity index (χ4v) is 3.25. The first-order chi connectivity index (χ1) is 8.50. The molecule has 0 saturated heterocycles. The van der Waals surface area contributed by atoms with Gasteiger partial charge in [-0.05, 0) is 37.3 Å². The van der Waals surface area contributed by atoms with Gasteiger partial charge in [-0.3, -0.25) is 0 Å². The van der Waals surface area contributed by atoms with Crippen molar-refractivity contribution in [3.63, 3.8) is 0 Å². The molecule has 0 aromatic heterocycles. The van der Waals surface area contributed by atoms with Gasteiger partial charge in [-0.1, -0.05) is 32.3 Å². The van der Waals surface area contributed by atoms with Gasteiger partial charge >= 0.3 is 0 Å². The predicted octanol–water partition coefficient (Wildman–Crippen LogP) is 4.03. The molecule has 3 heteroatoms. The highest BCUT2D eigenvalue weighted by molar-refractivity contribution is 5.33. The maximum atomic E-state index is 14.3. The van der Waals surface area contributed by atoms with E-state index in [1.165, 1.54) is 12.1 Å². The van der Waals surface area contributed by atoms with Crippen molar-refractivity contribution < 1.29 is 8.78 Å². The average Bonchev–Trinajstić information content (AvgIpc) is 2.35. The summed E-state index contributed by atoms with van der Waals surface area (Å²) >= 11 is 0. The van der Waals surface area contributed by atoms with Crippen molar-refractivity contribution in [1.29, 1.82) is 0 Å². The van der Waals surface area contributed by atoms with Gasteiger partial charge in [0.2, 0.25) is 0 Å². The van der Waals surface area contributed by atoms with E-state index in [1.807, 2.05) is 6.92 Å². The summed E-state index contributed by atoms with van der Waals surface area (Å²) in [6.07, 6.45) is 4.54. The highest BCUT2D eigenvalue weighted by atomic mass is 19.1. The van der Waals surface area contributed by atoms with Crippen LogP contribution < -0.4 is 5.73 Å². The van der Waals surface area contributed by atoms with Gasteiger partial charge < -0.3 is 5.73 Å². The van der Waals surface area contributed by atoms with Crippen LogP contribution in [0.2, 0.25) is 0 Å². The van der Waals surface area contributed by atoms with Crippen LogP contribution in [0.4, 0.5) is 8.78 Å². The third-order valence-electron chi connectivity index (χ3n) is 4.36. The lowest BCUT2D eigenvalue weighted by Gasteiger charge is -2.42. The van der Waals surface area contributed by atoms with Crippen LogP contribution in [-0.2, 0) is 5.54 Å². The van der Waals surface area contributed by atoms with Crippen LogP contribution in [-0.4, -0.2) is 0 Å². The van der Waals surface area contributed by atoms with Crippen LogP contribution >= 0.6 is 0 Å². The summed E-state index contributed by atoms with van der Waals surface area (Å²) < 4.78 is 28.3. The largest absolute Gasteiger partial charge is 0.321 e. The van der Waals surface area contributed by atoms with Crippen molar-refractivity contribution in [3.8, 4) is 0 Å². The topological polar surface area (TPSA) is 26.0 Å². The number of hydrogen-bond acceptors (Lipinski definition) is 1. The van der Waals surface area contributed by atoms with E-state index in [0.717, 1.165) is 25.7 Å². The summed E-state index contributed by atoms with van der Waals surface area (Å²) in [5, 5.41) is 0. The lowest BCUT2D eigenvalue weighted by Crippen LogP contribution is -2.47. The second kappa shape index (κ2) is 4.96. The summed E-state index contributed by atoms with van der Waals surface area (Å²) in [4.78, 5) is 0. The smallest absolute Gasteiger partial charge is 0.134 e. The van der Waals surface area contributed by atoms with Gasteiger partial charge in [0, 0.05) is 11.1 Å². The van der Waals surface area contributed by atoms with Crippen molar-refractivity contribution >= 4 is 0 Å². The van der Waals surface area contributed by atoms with E-state index in [-0.39, 0.29) is 11.5 Å². The van der Waals surface area contributed by atoms with E-state index in [0.29, 0.717) is 12.0 Å². The minimum atomic E-state index is -0.840. The third-order valence-corrected chi connectivity index (χ3v) is 4.36. The van der Waals surface area contributed by atoms with E-state index in [9.17, 15) is 8.78 Å². The first kappa shape index (κ1) is 13.5. The molecule has 1 aliphatic carbocycles. The van der Waals surface area contributed by atoms with Crippen LogP contribution in [0, 0.1) is 24.5 Å². The third kappa shape index (κ3) is 2.05. The molecular weight excluding hydrogens is 232 g/mol. The molecular formula is C15H21F2N. The zero-order valence-electron chi connectivity index (χ0n) is 11.1. The Hall–Kier alpha value is -0.960. The zero-order valence-corrected chi connectivity index (χ0v) is 11.1. The maximum Gasteiger partial charge on any atom is 0.134 e. The molecule has 100 valence electrons. The minimum Gasteiger partial charge on any atom is -0.321 e. The highest BCUT2D eigenvalue weighted by Crippen LogP contribution is 2.43. The number of halogens is 2. The van der Waals surface area contributed by atoms with Crippen LogP contribution in [0.15, 0.2) is 12.1 Å². The lowest BCUT2D eigenvalue weighted by molar-refractivity contribution is 0.173. The summed E-state index contributed by atoms with van der Waals surface area (Å²) in [5.74, 6) is -0.796. The first-order valence-corrected chi connectivity index (χ1v) is 6.74. The van der Waals surface area contributed by atoms with Crippen molar-refractivity contribution in [2.45, 2.75) is 51.5 Å². The number of hydrogen-bond donors (Lipinski definition) is 1. The Kier molecular flexibility index (Phi) is 3.71. The first-order valence-electron chi connectivity index (χ1n) is 6.74. The van der Waals surface area contributed by atoms with Crippen LogP contribution in [0.5, 0.6) is 0 Å². The van der Waals surface area contributed by atoms with E-state index < -0.39 is 17.2 Å². The lowest BCUT2D eigenvalue weighted by atomic mass is 9.68. The van der Waals surface area contributed by atoms with Gasteiger partial charge in [0.25, 0.3) is 0 Å². The van der Waals surface area contributed by atoms with Gasteiger partial charge in [0.15, 0.2) is 0 Å². The molecule has 0 aliphatic heterocycles. The normalized spacial score (nSPS) is 28.4. The Morgan fingerprint density at radius 3 is 2.72 bits per heavy atom. The number of aryl methyl sites for hydroxylation is 1. The molecule has 1 aromatic carbocycles. The Balaban J connectivity index is 2.54. The SMILES string of the molecule is CCC1CCCCC1(N)c1c(F)ccc(C)c1F. The molecule has 0 amide bonds. The molecule has 2 atom stereocenters. The molecule has 0 heterocycles. The molecule has 2 rings (SSSR count). The van der Waals surface area contributed by atoms with Gasteiger partial charge in [-0.15, -0.1) is 0 Å². The quantitative estimate of drug-likeness (QED) is 0.846. The second-order valence-corrected chi connectivity index (χ2v) is 5.44. The summed E-state index contributed by atoms with van der Waals surface area (Å²) in [6, 6.07) is 2.81. The van der Waals surface area contributed by atoms with Crippen molar-refractivity contribution in [3.05, 3.63) is 34.9 Å². The molecule has 1 nitrogen and oxygen atoms in total. The van der Waals surface area contributed by atoms with Crippen molar-refractivity contribution in [2.75, 3.05) is 0 Å². The minimum absolute atomic E-state index is 0.106. The molecule has 1 saturated carbocycles. The summed E-state index contributed by atoms with van der Waals surface area (Å²) in [5.41, 5.74) is 6.16. The number of benzene rings is 1. The summed E-state index contributed by atoms with van der Waals surface area (Å²) in [6.45, 7) is 3.70. The molecule has 1 aromatic rings. The molecule has 1 aliphatic rings. The van der Waals surface area contributed by atoms with E-state index >= 15 is 0 Å². The molecule has 2 unspecified atom stereocenters. The van der Waals surface area contributed by atoms with Crippen molar-refractivity contribution in [1.82, 2.24) is 0 Å². The average molecular weight is 253 g/mol. The van der Waals surface area contributed by atoms with Crippen LogP contribution in [0.3, 0.4) is 0 Å². The molecule has 2 N–H and O–H groups in total. The molecule has 18 heavy (non-hydrogen) atoms. The van der Waals surface area contributed by atoms with Gasteiger partial charge in [-0.2, -0.15) is 0 Å². The fraction of sp³-hybridized carbons (Fsp3) is 0.600. The Morgan fingerprint density at radius 2 is 2.06 bits per heavy atom. The van der Waals surface area contributed by atoms with Gasteiger partial charge in [0.1, 0.15) is 11.6 Å². The Bertz CT molecular complexity index is 444. The zero-order chi connectivity index (χ0) is 13.3. The Labute approximate surface area is 107 Å². The monoisotopic (exact) mass is 253 g/mol. The predicted molar refractivity (Wildman–Crippen MR) is 69.2 cm³/mol. The standard InChI is InChI=1S/C15H21F2N/c1-3-11-6-4-5-9-15(11,18)13-12(16)8-7-10(2)14(13)17/h7-8,11H,3-6,9,18H2,1-2H3. The highest BCUT2D eigenvalue weighted by Gasteiger charge is 2.41. The Morgan fingerprint density at radius 1 is 1.33 bits per heavy atom. The fourth-order valence-electron chi connectivity index (χ4n) is 3.25. The number of nitrogens with two attached hydrogens (primary N) is 1. The van der Waals surface area contributed by atoms with Crippen molar-refractivity contribution in [2.24, 2.45) is 11.7 Å². The number of rotatable bonds is 2. The van der Waals surface area contributed by atoms with E-state index in [1.54, 1.807) is 6.92 Å². The second-order valence-electron chi connectivity index (χ2n) is 5.44. The van der Waals surface area contributed by atoms with E-state index in [4.69, 9.17) is 5.73 Å². The van der Waals surface area contributed by atoms with Gasteiger partial charge in [0.05, 0.1) is 0 Å². The van der Waals surface area contributed by atoms with Crippen LogP contribution in [0.1, 0.15) is 50.2 Å². The maximum absolute atomic E-state index is 14.3. The summed E-state index contributed by atoms with van der Waals surface area (Å²) in [7, 11) is 0. The molecule has 0 spiro atoms. The molecule has 0 radical (unpaired) electrons. The molecule has 0 bridgehead atoms. The van der Waals surface area contributed by atoms with Crippen LogP contribution in [0.25, 0.3) is 0 Å². The molecule has 1 fully saturated rings. The van der Waals surface area contributed by atoms with E-state index in [2.05, 4.69) is 0 Å².